The van der Waals surface area contributed by atoms with Crippen LogP contribution < -0.4 is 5.32 Å². The monoisotopic (exact) mass is 359 g/mol. The van der Waals surface area contributed by atoms with Gasteiger partial charge in [-0.25, -0.2) is 9.37 Å². The van der Waals surface area contributed by atoms with Gasteiger partial charge in [0, 0.05) is 31.5 Å². The van der Waals surface area contributed by atoms with Crippen LogP contribution in [0.25, 0.3) is 0 Å². The molecule has 0 aliphatic carbocycles. The number of ether oxygens (including phenoxy) is 1. The predicted molar refractivity (Wildman–Crippen MR) is 93.8 cm³/mol. The van der Waals surface area contributed by atoms with Crippen molar-refractivity contribution in [3.05, 3.63) is 78.0 Å². The Morgan fingerprint density at radius 1 is 1.31 bits per heavy atom. The Hall–Kier alpha value is -2.48. The van der Waals surface area contributed by atoms with Gasteiger partial charge in [0.05, 0.1) is 25.0 Å². The number of aromatic nitrogens is 2. The van der Waals surface area contributed by atoms with Crippen molar-refractivity contribution >= 4 is 0 Å². The fourth-order valence-corrected chi connectivity index (χ4v) is 2.71. The van der Waals surface area contributed by atoms with Crippen molar-refractivity contribution in [1.29, 1.82) is 0 Å². The standard InChI is InChI=1S/C19H22FN3O3/c1-23-9-8-21-19(23)18(16-6-2-3-7-17(16)20)22-11-14(24)12-25-13-15-5-4-10-26-15/h2-10,14,18,22,24H,11-13H2,1H3/t14-,18+/m0/s1. The number of aliphatic hydroxyl groups is 1. The van der Waals surface area contributed by atoms with Crippen LogP contribution in [0.2, 0.25) is 0 Å². The molecule has 0 aliphatic heterocycles. The van der Waals surface area contributed by atoms with E-state index in [4.69, 9.17) is 9.15 Å². The third-order valence-corrected chi connectivity index (χ3v) is 4.03. The second-order valence-electron chi connectivity index (χ2n) is 6.01. The van der Waals surface area contributed by atoms with E-state index in [0.29, 0.717) is 23.8 Å². The number of hydrogen-bond acceptors (Lipinski definition) is 5. The first-order valence-electron chi connectivity index (χ1n) is 8.38. The van der Waals surface area contributed by atoms with E-state index in [-0.39, 0.29) is 19.0 Å². The molecule has 0 amide bonds. The fourth-order valence-electron chi connectivity index (χ4n) is 2.71. The Balaban J connectivity index is 1.61. The molecule has 0 unspecified atom stereocenters. The van der Waals surface area contributed by atoms with Crippen molar-refractivity contribution in [2.24, 2.45) is 7.05 Å². The van der Waals surface area contributed by atoms with E-state index in [1.54, 1.807) is 49.0 Å². The van der Waals surface area contributed by atoms with Crippen LogP contribution in [0.5, 0.6) is 0 Å². The second kappa shape index (κ2) is 8.75. The molecule has 2 aromatic heterocycles. The van der Waals surface area contributed by atoms with Gasteiger partial charge in [0.2, 0.25) is 0 Å². The lowest BCUT2D eigenvalue weighted by atomic mass is 10.1. The zero-order valence-corrected chi connectivity index (χ0v) is 14.5. The van der Waals surface area contributed by atoms with E-state index in [1.807, 2.05) is 11.6 Å². The number of aliphatic hydroxyl groups excluding tert-OH is 1. The van der Waals surface area contributed by atoms with Crippen LogP contribution in [0.1, 0.15) is 23.2 Å². The number of halogens is 1. The molecule has 26 heavy (non-hydrogen) atoms. The maximum atomic E-state index is 14.3. The average molecular weight is 359 g/mol. The molecule has 0 spiro atoms. The summed E-state index contributed by atoms with van der Waals surface area (Å²) >= 11 is 0. The first-order valence-corrected chi connectivity index (χ1v) is 8.38. The summed E-state index contributed by atoms with van der Waals surface area (Å²) in [7, 11) is 1.85. The summed E-state index contributed by atoms with van der Waals surface area (Å²) in [5, 5.41) is 13.4. The molecule has 2 N–H and O–H groups in total. The zero-order valence-electron chi connectivity index (χ0n) is 14.5. The molecular formula is C19H22FN3O3. The van der Waals surface area contributed by atoms with E-state index in [2.05, 4.69) is 10.3 Å². The number of aryl methyl sites for hydroxylation is 1. The quantitative estimate of drug-likeness (QED) is 0.614. The van der Waals surface area contributed by atoms with E-state index in [1.165, 1.54) is 6.07 Å². The molecule has 3 rings (SSSR count). The Bertz CT molecular complexity index is 804. The normalized spacial score (nSPS) is 13.7. The van der Waals surface area contributed by atoms with Crippen LogP contribution in [0.3, 0.4) is 0 Å². The Labute approximate surface area is 151 Å². The molecule has 3 aromatic rings. The van der Waals surface area contributed by atoms with E-state index >= 15 is 0 Å². The highest BCUT2D eigenvalue weighted by molar-refractivity contribution is 5.27. The zero-order chi connectivity index (χ0) is 18.4. The highest BCUT2D eigenvalue weighted by atomic mass is 19.1. The third kappa shape index (κ3) is 4.57. The van der Waals surface area contributed by atoms with Crippen molar-refractivity contribution in [1.82, 2.24) is 14.9 Å². The SMILES string of the molecule is Cn1ccnc1[C@H](NC[C@H](O)COCc1ccco1)c1ccccc1F. The third-order valence-electron chi connectivity index (χ3n) is 4.03. The van der Waals surface area contributed by atoms with Crippen molar-refractivity contribution in [3.63, 3.8) is 0 Å². The summed E-state index contributed by atoms with van der Waals surface area (Å²) in [5.74, 6) is 1.04. The second-order valence-corrected chi connectivity index (χ2v) is 6.01. The van der Waals surface area contributed by atoms with Crippen LogP contribution in [-0.4, -0.2) is 33.9 Å². The molecule has 1 aromatic carbocycles. The number of benzene rings is 1. The molecule has 0 radical (unpaired) electrons. The van der Waals surface area contributed by atoms with Gasteiger partial charge in [-0.15, -0.1) is 0 Å². The highest BCUT2D eigenvalue weighted by Crippen LogP contribution is 2.23. The first kappa shape index (κ1) is 18.3. The minimum Gasteiger partial charge on any atom is -0.467 e. The van der Waals surface area contributed by atoms with Gasteiger partial charge in [-0.3, -0.25) is 0 Å². The largest absolute Gasteiger partial charge is 0.467 e. The summed E-state index contributed by atoms with van der Waals surface area (Å²) in [6.45, 7) is 0.655. The van der Waals surface area contributed by atoms with Gasteiger partial charge in [-0.2, -0.15) is 0 Å². The van der Waals surface area contributed by atoms with Gasteiger partial charge in [0.1, 0.15) is 24.0 Å². The van der Waals surface area contributed by atoms with Gasteiger partial charge < -0.3 is 24.1 Å². The van der Waals surface area contributed by atoms with Crippen molar-refractivity contribution in [3.8, 4) is 0 Å². The lowest BCUT2D eigenvalue weighted by molar-refractivity contribution is 0.0218. The maximum absolute atomic E-state index is 14.3. The van der Waals surface area contributed by atoms with Crippen LogP contribution >= 0.6 is 0 Å². The molecule has 2 heterocycles. The van der Waals surface area contributed by atoms with Crippen LogP contribution in [0, 0.1) is 5.82 Å². The lowest BCUT2D eigenvalue weighted by Crippen LogP contribution is -2.35. The van der Waals surface area contributed by atoms with E-state index in [0.717, 1.165) is 0 Å². The van der Waals surface area contributed by atoms with Crippen molar-refractivity contribution in [2.75, 3.05) is 13.2 Å². The molecule has 0 saturated carbocycles. The summed E-state index contributed by atoms with van der Waals surface area (Å²) < 4.78 is 26.7. The number of nitrogens with one attached hydrogen (secondary N) is 1. The lowest BCUT2D eigenvalue weighted by Gasteiger charge is -2.21. The number of imidazole rings is 1. The average Bonchev–Trinajstić information content (AvgIpc) is 3.29. The highest BCUT2D eigenvalue weighted by Gasteiger charge is 2.22. The maximum Gasteiger partial charge on any atom is 0.130 e. The van der Waals surface area contributed by atoms with E-state index in [9.17, 15) is 9.50 Å². The van der Waals surface area contributed by atoms with Gasteiger partial charge in [-0.05, 0) is 18.2 Å². The summed E-state index contributed by atoms with van der Waals surface area (Å²) in [5.41, 5.74) is 0.477. The summed E-state index contributed by atoms with van der Waals surface area (Å²) in [4.78, 5) is 4.32. The fraction of sp³-hybridized carbons (Fsp3) is 0.316. The minimum absolute atomic E-state index is 0.137. The summed E-state index contributed by atoms with van der Waals surface area (Å²) in [6, 6.07) is 9.65. The molecular weight excluding hydrogens is 337 g/mol. The van der Waals surface area contributed by atoms with Crippen molar-refractivity contribution < 1.29 is 18.7 Å². The molecule has 2 atom stereocenters. The van der Waals surface area contributed by atoms with Gasteiger partial charge in [0.15, 0.2) is 0 Å². The molecule has 6 nitrogen and oxygen atoms in total. The predicted octanol–water partition coefficient (Wildman–Crippen LogP) is 2.41. The molecule has 0 bridgehead atoms. The summed E-state index contributed by atoms with van der Waals surface area (Å²) in [6.07, 6.45) is 4.28. The van der Waals surface area contributed by atoms with Crippen LogP contribution in [-0.2, 0) is 18.4 Å². The Morgan fingerprint density at radius 2 is 2.15 bits per heavy atom. The molecule has 7 heteroatoms. The van der Waals surface area contributed by atoms with Crippen LogP contribution in [0.4, 0.5) is 4.39 Å². The number of hydrogen-bond donors (Lipinski definition) is 2. The number of nitrogens with zero attached hydrogens (tertiary/aromatic N) is 2. The topological polar surface area (TPSA) is 72.5 Å². The molecule has 0 aliphatic rings. The molecule has 0 saturated heterocycles. The van der Waals surface area contributed by atoms with Crippen LogP contribution in [0.15, 0.2) is 59.5 Å². The first-order chi connectivity index (χ1) is 12.6. The Morgan fingerprint density at radius 3 is 2.85 bits per heavy atom. The van der Waals surface area contributed by atoms with Gasteiger partial charge >= 0.3 is 0 Å². The molecule has 138 valence electrons. The number of rotatable bonds is 9. The minimum atomic E-state index is -0.750. The van der Waals surface area contributed by atoms with Gasteiger partial charge in [0.25, 0.3) is 0 Å². The number of furan rings is 1. The van der Waals surface area contributed by atoms with Gasteiger partial charge in [-0.1, -0.05) is 18.2 Å². The Kier molecular flexibility index (Phi) is 6.17. The van der Waals surface area contributed by atoms with Crippen molar-refractivity contribution in [2.45, 2.75) is 18.8 Å². The smallest absolute Gasteiger partial charge is 0.130 e. The molecule has 0 fully saturated rings. The van der Waals surface area contributed by atoms with E-state index < -0.39 is 12.1 Å².